The highest BCUT2D eigenvalue weighted by molar-refractivity contribution is 5.57. The van der Waals surface area contributed by atoms with E-state index in [9.17, 15) is 0 Å². The predicted octanol–water partition coefficient (Wildman–Crippen LogP) is 1.14. The summed E-state index contributed by atoms with van der Waals surface area (Å²) in [6.45, 7) is 3.28. The van der Waals surface area contributed by atoms with Crippen molar-refractivity contribution < 1.29 is 9.26 Å². The Bertz CT molecular complexity index is 569. The zero-order valence-electron chi connectivity index (χ0n) is 11.0. The summed E-state index contributed by atoms with van der Waals surface area (Å²) in [5.41, 5.74) is 1.98. The lowest BCUT2D eigenvalue weighted by Crippen LogP contribution is -2.31. The fourth-order valence-corrected chi connectivity index (χ4v) is 2.28. The van der Waals surface area contributed by atoms with E-state index in [4.69, 9.17) is 9.26 Å². The summed E-state index contributed by atoms with van der Waals surface area (Å²) in [6, 6.07) is 2.16. The van der Waals surface area contributed by atoms with E-state index in [1.165, 1.54) is 0 Å². The summed E-state index contributed by atoms with van der Waals surface area (Å²) in [6.07, 6.45) is 3.51. The van der Waals surface area contributed by atoms with Gasteiger partial charge in [-0.1, -0.05) is 5.16 Å². The fourth-order valence-electron chi connectivity index (χ4n) is 2.28. The van der Waals surface area contributed by atoms with Gasteiger partial charge in [-0.2, -0.15) is 4.98 Å². The summed E-state index contributed by atoms with van der Waals surface area (Å²) in [7, 11) is 1.91. The van der Waals surface area contributed by atoms with Crippen molar-refractivity contribution in [2.24, 2.45) is 0 Å². The predicted molar refractivity (Wildman–Crippen MR) is 68.7 cm³/mol. The standard InChI is InChI=1S/C13H16N4O2/c1-8-3-4-15-5-9(8)12-16-13(19-17-12)10-6-18-7-11(10)14-2/h3-5,10-11,14H,6-7H2,1-2H3. The number of aryl methyl sites for hydroxylation is 1. The summed E-state index contributed by atoms with van der Waals surface area (Å²) >= 11 is 0. The smallest absolute Gasteiger partial charge is 0.234 e. The second kappa shape index (κ2) is 5.07. The van der Waals surface area contributed by atoms with Gasteiger partial charge in [0.2, 0.25) is 11.7 Å². The van der Waals surface area contributed by atoms with Gasteiger partial charge in [-0.25, -0.2) is 0 Å². The average Bonchev–Trinajstić information content (AvgIpc) is 3.07. The van der Waals surface area contributed by atoms with Crippen LogP contribution in [0.4, 0.5) is 0 Å². The highest BCUT2D eigenvalue weighted by Gasteiger charge is 2.33. The molecule has 1 saturated heterocycles. The van der Waals surface area contributed by atoms with Crippen LogP contribution in [0.5, 0.6) is 0 Å². The number of pyridine rings is 1. The molecule has 6 heteroatoms. The van der Waals surface area contributed by atoms with Gasteiger partial charge < -0.3 is 14.6 Å². The molecule has 0 spiro atoms. The number of ether oxygens (including phenoxy) is 1. The van der Waals surface area contributed by atoms with Gasteiger partial charge in [0.15, 0.2) is 0 Å². The molecule has 2 unspecified atom stereocenters. The lowest BCUT2D eigenvalue weighted by atomic mass is 10.0. The number of likely N-dealkylation sites (N-methyl/N-ethyl adjacent to an activating group) is 1. The van der Waals surface area contributed by atoms with E-state index in [1.54, 1.807) is 12.4 Å². The van der Waals surface area contributed by atoms with Gasteiger partial charge >= 0.3 is 0 Å². The minimum Gasteiger partial charge on any atom is -0.379 e. The molecule has 0 aliphatic carbocycles. The van der Waals surface area contributed by atoms with E-state index in [-0.39, 0.29) is 12.0 Å². The van der Waals surface area contributed by atoms with Crippen LogP contribution in [0, 0.1) is 6.92 Å². The van der Waals surface area contributed by atoms with Crippen LogP contribution in [0.15, 0.2) is 23.0 Å². The maximum absolute atomic E-state index is 5.45. The van der Waals surface area contributed by atoms with Crippen molar-refractivity contribution in [2.45, 2.75) is 18.9 Å². The topological polar surface area (TPSA) is 73.1 Å². The van der Waals surface area contributed by atoms with E-state index in [0.717, 1.165) is 11.1 Å². The molecule has 0 radical (unpaired) electrons. The SMILES string of the molecule is CNC1COCC1c1nc(-c2cnccc2C)no1. The van der Waals surface area contributed by atoms with Gasteiger partial charge in [0.05, 0.1) is 19.1 Å². The number of nitrogens with zero attached hydrogens (tertiary/aromatic N) is 3. The van der Waals surface area contributed by atoms with Crippen molar-refractivity contribution in [2.75, 3.05) is 20.3 Å². The van der Waals surface area contributed by atoms with Gasteiger partial charge in [0.1, 0.15) is 0 Å². The molecule has 0 aromatic carbocycles. The Morgan fingerprint density at radius 1 is 1.37 bits per heavy atom. The van der Waals surface area contributed by atoms with Crippen molar-refractivity contribution in [1.29, 1.82) is 0 Å². The monoisotopic (exact) mass is 260 g/mol. The second-order valence-electron chi connectivity index (χ2n) is 4.69. The molecule has 100 valence electrons. The fraction of sp³-hybridized carbons (Fsp3) is 0.462. The molecular formula is C13H16N4O2. The average molecular weight is 260 g/mol. The van der Waals surface area contributed by atoms with Crippen molar-refractivity contribution >= 4 is 0 Å². The highest BCUT2D eigenvalue weighted by Crippen LogP contribution is 2.27. The zero-order valence-corrected chi connectivity index (χ0v) is 11.0. The first-order chi connectivity index (χ1) is 9.29. The molecule has 2 aromatic rings. The number of aromatic nitrogens is 3. The molecule has 3 heterocycles. The maximum Gasteiger partial charge on any atom is 0.234 e. The Morgan fingerprint density at radius 3 is 3.05 bits per heavy atom. The van der Waals surface area contributed by atoms with Crippen LogP contribution in [0.25, 0.3) is 11.4 Å². The molecule has 2 aromatic heterocycles. The number of hydrogen-bond acceptors (Lipinski definition) is 6. The lowest BCUT2D eigenvalue weighted by molar-refractivity contribution is 0.185. The van der Waals surface area contributed by atoms with Gasteiger partial charge in [0.25, 0.3) is 0 Å². The summed E-state index contributed by atoms with van der Waals surface area (Å²) in [5.74, 6) is 1.32. The molecule has 19 heavy (non-hydrogen) atoms. The molecule has 2 atom stereocenters. The van der Waals surface area contributed by atoms with Crippen LogP contribution in [-0.4, -0.2) is 41.4 Å². The quantitative estimate of drug-likeness (QED) is 0.892. The summed E-state index contributed by atoms with van der Waals surface area (Å²) < 4.78 is 10.8. The zero-order chi connectivity index (χ0) is 13.2. The summed E-state index contributed by atoms with van der Waals surface area (Å²) in [4.78, 5) is 8.58. The molecule has 1 fully saturated rings. The molecule has 0 amide bonds. The first-order valence-electron chi connectivity index (χ1n) is 6.29. The van der Waals surface area contributed by atoms with Gasteiger partial charge in [0, 0.05) is 24.0 Å². The first-order valence-corrected chi connectivity index (χ1v) is 6.29. The summed E-state index contributed by atoms with van der Waals surface area (Å²) in [5, 5.41) is 7.26. The molecule has 1 aliphatic heterocycles. The number of rotatable bonds is 3. The van der Waals surface area contributed by atoms with E-state index >= 15 is 0 Å². The van der Waals surface area contributed by atoms with Crippen LogP contribution >= 0.6 is 0 Å². The second-order valence-corrected chi connectivity index (χ2v) is 4.69. The Kier molecular flexibility index (Phi) is 3.27. The first kappa shape index (κ1) is 12.3. The largest absolute Gasteiger partial charge is 0.379 e. The Balaban J connectivity index is 1.90. The van der Waals surface area contributed by atoms with Crippen molar-refractivity contribution in [3.8, 4) is 11.4 Å². The third kappa shape index (κ3) is 2.24. The maximum atomic E-state index is 5.45. The van der Waals surface area contributed by atoms with Crippen LogP contribution < -0.4 is 5.32 Å². The van der Waals surface area contributed by atoms with Crippen molar-refractivity contribution in [3.05, 3.63) is 29.9 Å². The molecule has 1 N–H and O–H groups in total. The Hall–Kier alpha value is -1.79. The van der Waals surface area contributed by atoms with Crippen molar-refractivity contribution in [3.63, 3.8) is 0 Å². The van der Waals surface area contributed by atoms with Gasteiger partial charge in [-0.3, -0.25) is 4.98 Å². The van der Waals surface area contributed by atoms with Gasteiger partial charge in [-0.15, -0.1) is 0 Å². The Labute approximate surface area is 111 Å². The normalized spacial score (nSPS) is 22.8. The van der Waals surface area contributed by atoms with Crippen LogP contribution in [0.1, 0.15) is 17.4 Å². The minimum atomic E-state index is 0.114. The lowest BCUT2D eigenvalue weighted by Gasteiger charge is -2.11. The minimum absolute atomic E-state index is 0.114. The van der Waals surface area contributed by atoms with Crippen molar-refractivity contribution in [1.82, 2.24) is 20.4 Å². The van der Waals surface area contributed by atoms with E-state index in [1.807, 2.05) is 20.0 Å². The molecule has 0 saturated carbocycles. The molecule has 0 bridgehead atoms. The Morgan fingerprint density at radius 2 is 2.26 bits per heavy atom. The van der Waals surface area contributed by atoms with E-state index in [2.05, 4.69) is 20.4 Å². The van der Waals surface area contributed by atoms with Gasteiger partial charge in [-0.05, 0) is 25.6 Å². The molecular weight excluding hydrogens is 244 g/mol. The van der Waals surface area contributed by atoms with E-state index in [0.29, 0.717) is 24.9 Å². The van der Waals surface area contributed by atoms with Crippen LogP contribution in [-0.2, 0) is 4.74 Å². The van der Waals surface area contributed by atoms with Crippen LogP contribution in [0.2, 0.25) is 0 Å². The van der Waals surface area contributed by atoms with E-state index < -0.39 is 0 Å². The molecule has 6 nitrogen and oxygen atoms in total. The third-order valence-corrected chi connectivity index (χ3v) is 3.49. The van der Waals surface area contributed by atoms with Crippen LogP contribution in [0.3, 0.4) is 0 Å². The highest BCUT2D eigenvalue weighted by atomic mass is 16.5. The molecule has 1 aliphatic rings. The molecule has 3 rings (SSSR count). The number of nitrogens with one attached hydrogen (secondary N) is 1. The number of hydrogen-bond donors (Lipinski definition) is 1. The third-order valence-electron chi connectivity index (χ3n) is 3.49.